The van der Waals surface area contributed by atoms with Crippen molar-refractivity contribution in [2.45, 2.75) is 31.8 Å². The summed E-state index contributed by atoms with van der Waals surface area (Å²) in [4.78, 5) is 0.223. The van der Waals surface area contributed by atoms with Crippen LogP contribution in [0.15, 0.2) is 88.2 Å². The summed E-state index contributed by atoms with van der Waals surface area (Å²) >= 11 is 0. The molecular formula is C23H25NO2SSi. The molecule has 0 N–H and O–H groups in total. The first-order valence-corrected chi connectivity index (χ1v) is 13.7. The van der Waals surface area contributed by atoms with E-state index in [0.717, 1.165) is 21.9 Å². The van der Waals surface area contributed by atoms with Crippen molar-refractivity contribution in [1.29, 1.82) is 0 Å². The zero-order chi connectivity index (χ0) is 20.4. The Morgan fingerprint density at radius 3 is 1.79 bits per heavy atom. The van der Waals surface area contributed by atoms with Crippen molar-refractivity contribution < 1.29 is 8.42 Å². The van der Waals surface area contributed by atoms with Crippen molar-refractivity contribution in [3.63, 3.8) is 0 Å². The minimum atomic E-state index is -3.80. The molecule has 3 aromatic rings. The van der Waals surface area contributed by atoms with Crippen LogP contribution in [0.25, 0.3) is 0 Å². The Balaban J connectivity index is 2.20. The first-order valence-electron chi connectivity index (χ1n) is 9.25. The predicted molar refractivity (Wildman–Crippen MR) is 120 cm³/mol. The minimum Gasteiger partial charge on any atom is -0.199 e. The quantitative estimate of drug-likeness (QED) is 0.457. The summed E-state index contributed by atoms with van der Waals surface area (Å²) in [6, 6.07) is 24.9. The van der Waals surface area contributed by atoms with Gasteiger partial charge in [0.1, 0.15) is 8.07 Å². The van der Waals surface area contributed by atoms with Crippen LogP contribution in [0.4, 0.5) is 0 Å². The number of nitrogens with zero attached hydrogens (tertiary/aromatic N) is 1. The lowest BCUT2D eigenvalue weighted by atomic mass is 10.2. The van der Waals surface area contributed by atoms with Crippen molar-refractivity contribution >= 4 is 28.6 Å². The molecule has 28 heavy (non-hydrogen) atoms. The number of sulfonamides is 1. The van der Waals surface area contributed by atoms with Gasteiger partial charge in [0.05, 0.1) is 4.90 Å². The smallest absolute Gasteiger partial charge is 0.199 e. The van der Waals surface area contributed by atoms with Crippen molar-refractivity contribution in [2.24, 2.45) is 4.40 Å². The van der Waals surface area contributed by atoms with E-state index in [1.165, 1.54) is 0 Å². The maximum Gasteiger partial charge on any atom is 0.282 e. The molecule has 0 saturated heterocycles. The van der Waals surface area contributed by atoms with Crippen molar-refractivity contribution in [3.05, 3.63) is 95.6 Å². The fourth-order valence-corrected chi connectivity index (χ4v) is 7.51. The lowest BCUT2D eigenvalue weighted by Crippen LogP contribution is -2.50. The molecule has 0 aliphatic heterocycles. The van der Waals surface area contributed by atoms with Crippen LogP contribution in [0.5, 0.6) is 0 Å². The molecule has 0 spiro atoms. The van der Waals surface area contributed by atoms with Gasteiger partial charge in [0.15, 0.2) is 0 Å². The minimum absolute atomic E-state index is 0.223. The molecule has 3 nitrogen and oxygen atoms in total. The van der Waals surface area contributed by atoms with Gasteiger partial charge >= 0.3 is 0 Å². The molecule has 0 atom stereocenters. The molecule has 3 rings (SSSR count). The Kier molecular flexibility index (Phi) is 5.68. The summed E-state index contributed by atoms with van der Waals surface area (Å²) in [5.41, 5.74) is 3.01. The van der Waals surface area contributed by atoms with Crippen LogP contribution in [-0.4, -0.2) is 21.8 Å². The van der Waals surface area contributed by atoms with Crippen molar-refractivity contribution in [1.82, 2.24) is 0 Å². The molecular weight excluding hydrogens is 382 g/mol. The van der Waals surface area contributed by atoms with Crippen LogP contribution in [0, 0.1) is 13.8 Å². The summed E-state index contributed by atoms with van der Waals surface area (Å²) in [6.07, 6.45) is 0. The molecule has 0 radical (unpaired) electrons. The largest absolute Gasteiger partial charge is 0.282 e. The van der Waals surface area contributed by atoms with Gasteiger partial charge in [-0.05, 0) is 31.5 Å². The van der Waals surface area contributed by atoms with Gasteiger partial charge in [0.25, 0.3) is 10.0 Å². The van der Waals surface area contributed by atoms with Gasteiger partial charge in [-0.15, -0.1) is 0 Å². The molecule has 0 saturated carbocycles. The number of aryl methyl sites for hydroxylation is 2. The second-order valence-corrected chi connectivity index (χ2v) is 13.5. The summed E-state index contributed by atoms with van der Waals surface area (Å²) in [6.45, 7) is 8.24. The second kappa shape index (κ2) is 7.85. The molecule has 0 unspecified atom stereocenters. The Morgan fingerprint density at radius 2 is 1.25 bits per heavy atom. The van der Waals surface area contributed by atoms with Crippen LogP contribution in [0.1, 0.15) is 16.7 Å². The highest BCUT2D eigenvalue weighted by Gasteiger charge is 2.33. The van der Waals surface area contributed by atoms with Crippen LogP contribution in [0.2, 0.25) is 13.1 Å². The van der Waals surface area contributed by atoms with E-state index in [4.69, 9.17) is 0 Å². The summed E-state index contributed by atoms with van der Waals surface area (Å²) in [7, 11) is -6.15. The first-order chi connectivity index (χ1) is 13.2. The van der Waals surface area contributed by atoms with Crippen molar-refractivity contribution in [3.8, 4) is 0 Å². The van der Waals surface area contributed by atoms with E-state index >= 15 is 0 Å². The second-order valence-electron chi connectivity index (χ2n) is 7.59. The number of hydrogen-bond donors (Lipinski definition) is 0. The third-order valence-electron chi connectivity index (χ3n) is 4.94. The Bertz CT molecular complexity index is 1090. The molecule has 5 heteroatoms. The maximum atomic E-state index is 13.1. The fraction of sp³-hybridized carbons (Fsp3) is 0.174. The van der Waals surface area contributed by atoms with Crippen LogP contribution >= 0.6 is 0 Å². The summed E-state index contributed by atoms with van der Waals surface area (Å²) < 4.78 is 30.6. The van der Waals surface area contributed by atoms with Gasteiger partial charge in [-0.25, -0.2) is 0 Å². The topological polar surface area (TPSA) is 46.5 Å². The number of hydrogen-bond acceptors (Lipinski definition) is 2. The maximum absolute atomic E-state index is 13.1. The van der Waals surface area contributed by atoms with E-state index in [9.17, 15) is 8.42 Å². The van der Waals surface area contributed by atoms with E-state index in [-0.39, 0.29) is 4.90 Å². The lowest BCUT2D eigenvalue weighted by Gasteiger charge is -2.25. The lowest BCUT2D eigenvalue weighted by molar-refractivity contribution is 0.598. The number of benzene rings is 3. The third kappa shape index (κ3) is 4.32. The highest BCUT2D eigenvalue weighted by Crippen LogP contribution is 2.20. The predicted octanol–water partition coefficient (Wildman–Crippen LogP) is 4.64. The van der Waals surface area contributed by atoms with E-state index in [2.05, 4.69) is 29.6 Å². The third-order valence-corrected chi connectivity index (χ3v) is 9.76. The van der Waals surface area contributed by atoms with E-state index in [1.54, 1.807) is 24.3 Å². The molecule has 0 aromatic heterocycles. The van der Waals surface area contributed by atoms with Crippen LogP contribution < -0.4 is 5.19 Å². The normalized spacial score (nSPS) is 12.8. The van der Waals surface area contributed by atoms with Gasteiger partial charge in [-0.2, -0.15) is 12.8 Å². The molecule has 0 fully saturated rings. The van der Waals surface area contributed by atoms with E-state index in [1.807, 2.05) is 56.3 Å². The molecule has 0 amide bonds. The Hall–Kier alpha value is -2.50. The highest BCUT2D eigenvalue weighted by atomic mass is 32.2. The Labute approximate surface area is 168 Å². The van der Waals surface area contributed by atoms with Gasteiger partial charge in [-0.3, -0.25) is 0 Å². The van der Waals surface area contributed by atoms with Gasteiger partial charge in [0, 0.05) is 5.33 Å². The van der Waals surface area contributed by atoms with Crippen LogP contribution in [0.3, 0.4) is 0 Å². The molecule has 0 aliphatic carbocycles. The first kappa shape index (κ1) is 20.2. The molecule has 0 bridgehead atoms. The summed E-state index contributed by atoms with van der Waals surface area (Å²) in [5.74, 6) is 0. The average molecular weight is 408 g/mol. The van der Waals surface area contributed by atoms with Crippen molar-refractivity contribution in [2.75, 3.05) is 0 Å². The van der Waals surface area contributed by atoms with Gasteiger partial charge in [-0.1, -0.05) is 96.1 Å². The molecule has 3 aromatic carbocycles. The van der Waals surface area contributed by atoms with E-state index < -0.39 is 18.1 Å². The van der Waals surface area contributed by atoms with E-state index in [0.29, 0.717) is 5.33 Å². The highest BCUT2D eigenvalue weighted by molar-refractivity contribution is 7.90. The van der Waals surface area contributed by atoms with Crippen LogP contribution in [-0.2, 0) is 10.0 Å². The monoisotopic (exact) mass is 407 g/mol. The fourth-order valence-electron chi connectivity index (χ4n) is 3.11. The average Bonchev–Trinajstić information content (AvgIpc) is 2.68. The zero-order valence-corrected chi connectivity index (χ0v) is 18.5. The Morgan fingerprint density at radius 1 is 0.750 bits per heavy atom. The zero-order valence-electron chi connectivity index (χ0n) is 16.7. The standard InChI is InChI=1S/C23H25NO2SSi/c1-18-10-14-20(15-11-18)23(28(3,4)22-8-6-5-7-9-22)24-27(25,26)21-16-12-19(2)13-17-21/h5-17H,1-4H3/b24-23+. The summed E-state index contributed by atoms with van der Waals surface area (Å²) in [5, 5.41) is 1.81. The molecule has 0 heterocycles. The van der Waals surface area contributed by atoms with Gasteiger partial charge < -0.3 is 0 Å². The van der Waals surface area contributed by atoms with Gasteiger partial charge in [0.2, 0.25) is 0 Å². The molecule has 144 valence electrons. The number of rotatable bonds is 5. The molecule has 0 aliphatic rings. The SMILES string of the molecule is Cc1ccc(/C(=N\S(=O)(=O)c2ccc(C)cc2)[Si](C)(C)c2ccccc2)cc1.